The molecule has 7 atom stereocenters. The number of ether oxygens (including phenoxy) is 5. The number of benzene rings is 1. The highest BCUT2D eigenvalue weighted by Crippen LogP contribution is 2.65. The van der Waals surface area contributed by atoms with Gasteiger partial charge in [-0.1, -0.05) is 45.9 Å². The lowest BCUT2D eigenvalue weighted by atomic mass is 10.1. The molecule has 1 aliphatic heterocycles. The maximum atomic E-state index is 14.2. The molecule has 0 saturated carbocycles. The van der Waals surface area contributed by atoms with E-state index in [4.69, 9.17) is 46.0 Å². The Kier molecular flexibility index (Phi) is 15.5. The van der Waals surface area contributed by atoms with Gasteiger partial charge in [0.15, 0.2) is 6.23 Å². The predicted octanol–water partition coefficient (Wildman–Crippen LogP) is 4.79. The quantitative estimate of drug-likeness (QED) is 0.0882. The average molecular weight is 851 g/mol. The number of nitrogens with zero attached hydrogens (tertiary/aromatic N) is 2. The predicted molar refractivity (Wildman–Crippen MR) is 195 cm³/mol. The summed E-state index contributed by atoms with van der Waals surface area (Å²) in [5.41, 5.74) is -0.592. The molecule has 3 aromatic rings. The SMILES string of the molecule is CC(C)OC(=O)OC(OP(=O)(OC(OC(=O)OC(C)C)C(C)C)OP(=O)(O)OC[C@H]1O[C@@H](n2ccc(=O)n(Cc3coc4ccccc34)c2=O)[C@@H](O)C1O)C(C)C. The van der Waals surface area contributed by atoms with Crippen LogP contribution in [0.15, 0.2) is 56.8 Å². The number of hydrogen-bond acceptors (Lipinski definition) is 18. The van der Waals surface area contributed by atoms with E-state index in [2.05, 4.69) is 0 Å². The van der Waals surface area contributed by atoms with Crippen molar-refractivity contribution in [3.63, 3.8) is 0 Å². The average Bonchev–Trinajstić information content (AvgIpc) is 3.63. The van der Waals surface area contributed by atoms with Crippen LogP contribution in [0.3, 0.4) is 0 Å². The molecule has 1 fully saturated rings. The molecule has 3 heterocycles. The van der Waals surface area contributed by atoms with Gasteiger partial charge in [-0.05, 0) is 33.8 Å². The maximum absolute atomic E-state index is 14.2. The van der Waals surface area contributed by atoms with Gasteiger partial charge in [-0.2, -0.15) is 4.31 Å². The topological polar surface area (TPSA) is 269 Å². The standard InChI is InChI=1S/C34H48N2O19P2/c1-18(2)30(51-33(41)48-20(5)6)53-57(45,54-31(19(3)4)52-34(42)49-21(7)8)55-56(43,44)47-17-25-27(38)28(39)29(50-25)35-14-13-26(37)36(32(35)40)15-22-16-46-24-12-10-9-11-23(22)24/h9-14,16,18-21,25,27-31,38-39H,15,17H2,1-8H3,(H,43,44)/t25-,27?,28+,29-,30?,31?,57?/m1/s1. The third-order valence-electron chi connectivity index (χ3n) is 7.84. The van der Waals surface area contributed by atoms with Crippen LogP contribution in [0.2, 0.25) is 0 Å². The molecule has 0 aliphatic carbocycles. The number of phosphoric acid groups is 2. The molecule has 0 radical (unpaired) electrons. The summed E-state index contributed by atoms with van der Waals surface area (Å²) in [5, 5.41) is 22.4. The van der Waals surface area contributed by atoms with Crippen molar-refractivity contribution in [2.45, 2.75) is 111 Å². The van der Waals surface area contributed by atoms with E-state index < -0.39 is 107 Å². The summed E-state index contributed by atoms with van der Waals surface area (Å²) in [6.45, 7) is 10.7. The van der Waals surface area contributed by atoms with Crippen molar-refractivity contribution in [2.24, 2.45) is 11.8 Å². The molecule has 0 spiro atoms. The lowest BCUT2D eigenvalue weighted by Gasteiger charge is -2.30. The third kappa shape index (κ3) is 12.3. The summed E-state index contributed by atoms with van der Waals surface area (Å²) in [4.78, 5) is 61.7. The van der Waals surface area contributed by atoms with Gasteiger partial charge in [0.25, 0.3) is 5.56 Å². The van der Waals surface area contributed by atoms with Crippen LogP contribution in [0.25, 0.3) is 11.0 Å². The summed E-state index contributed by atoms with van der Waals surface area (Å²) in [7, 11) is -11.1. The van der Waals surface area contributed by atoms with Crippen molar-refractivity contribution < 1.29 is 79.8 Å². The Bertz CT molecular complexity index is 2020. The highest BCUT2D eigenvalue weighted by atomic mass is 31.3. The number of aromatic nitrogens is 2. The van der Waals surface area contributed by atoms with Gasteiger partial charge < -0.3 is 43.2 Å². The molecule has 23 heteroatoms. The zero-order chi connectivity index (χ0) is 42.4. The van der Waals surface area contributed by atoms with Crippen molar-refractivity contribution >= 4 is 38.9 Å². The summed E-state index contributed by atoms with van der Waals surface area (Å²) < 4.78 is 81.1. The number of para-hydroxylation sites is 1. The molecule has 4 unspecified atom stereocenters. The second-order valence-corrected chi connectivity index (χ2v) is 17.2. The lowest BCUT2D eigenvalue weighted by Crippen LogP contribution is -2.43. The number of phosphoric ester groups is 2. The van der Waals surface area contributed by atoms with Gasteiger partial charge in [-0.25, -0.2) is 32.6 Å². The molecule has 3 N–H and O–H groups in total. The maximum Gasteiger partial charge on any atom is 0.510 e. The zero-order valence-corrected chi connectivity index (χ0v) is 34.2. The molecule has 4 rings (SSSR count). The fourth-order valence-corrected chi connectivity index (χ4v) is 8.09. The number of carbonyl (C=O) groups is 2. The minimum absolute atomic E-state index is 0.216. The van der Waals surface area contributed by atoms with Crippen molar-refractivity contribution in [2.75, 3.05) is 6.61 Å². The fourth-order valence-electron chi connectivity index (χ4n) is 5.12. The van der Waals surface area contributed by atoms with Gasteiger partial charge in [-0.3, -0.25) is 18.5 Å². The van der Waals surface area contributed by atoms with Crippen LogP contribution in [0.4, 0.5) is 9.59 Å². The molecule has 2 aromatic heterocycles. The van der Waals surface area contributed by atoms with Gasteiger partial charge >= 0.3 is 33.6 Å². The highest BCUT2D eigenvalue weighted by molar-refractivity contribution is 7.61. The Labute approximate surface area is 326 Å². The number of hydrogen-bond donors (Lipinski definition) is 3. The van der Waals surface area contributed by atoms with E-state index >= 15 is 0 Å². The van der Waals surface area contributed by atoms with Gasteiger partial charge in [0.05, 0.1) is 31.6 Å². The van der Waals surface area contributed by atoms with Crippen molar-refractivity contribution in [1.29, 1.82) is 0 Å². The van der Waals surface area contributed by atoms with E-state index in [0.717, 1.165) is 21.4 Å². The number of fused-ring (bicyclic) bond motifs is 1. The van der Waals surface area contributed by atoms with E-state index in [-0.39, 0.29) is 6.54 Å². The number of aliphatic hydroxyl groups excluding tert-OH is 2. The Hall–Kier alpha value is -3.88. The van der Waals surface area contributed by atoms with Crippen LogP contribution >= 0.6 is 15.6 Å². The molecule has 57 heavy (non-hydrogen) atoms. The van der Waals surface area contributed by atoms with E-state index in [1.807, 2.05) is 0 Å². The lowest BCUT2D eigenvalue weighted by molar-refractivity contribution is -0.135. The van der Waals surface area contributed by atoms with Crippen LogP contribution in [0, 0.1) is 11.8 Å². The second-order valence-electron chi connectivity index (χ2n) is 14.0. The van der Waals surface area contributed by atoms with Crippen molar-refractivity contribution in [3.8, 4) is 0 Å². The summed E-state index contributed by atoms with van der Waals surface area (Å²) >= 11 is 0. The summed E-state index contributed by atoms with van der Waals surface area (Å²) in [6.07, 6.45) is -11.9. The van der Waals surface area contributed by atoms with E-state index in [1.54, 1.807) is 24.3 Å². The largest absolute Gasteiger partial charge is 0.510 e. The Balaban J connectivity index is 1.54. The first-order chi connectivity index (χ1) is 26.6. The van der Waals surface area contributed by atoms with E-state index in [9.17, 15) is 43.4 Å². The van der Waals surface area contributed by atoms with Crippen LogP contribution in [0.5, 0.6) is 0 Å². The minimum atomic E-state index is -5.62. The third-order valence-corrected chi connectivity index (χ3v) is 10.9. The van der Waals surface area contributed by atoms with Crippen LogP contribution in [-0.4, -0.2) is 86.3 Å². The van der Waals surface area contributed by atoms with Crippen LogP contribution < -0.4 is 11.2 Å². The van der Waals surface area contributed by atoms with Gasteiger partial charge in [0.2, 0.25) is 12.6 Å². The first-order valence-electron chi connectivity index (χ1n) is 17.8. The van der Waals surface area contributed by atoms with Gasteiger partial charge in [-0.15, -0.1) is 0 Å². The second kappa shape index (κ2) is 19.2. The normalized spacial score (nSPS) is 21.7. The number of aliphatic hydroxyl groups is 2. The number of rotatable bonds is 18. The van der Waals surface area contributed by atoms with Gasteiger partial charge in [0.1, 0.15) is 23.9 Å². The van der Waals surface area contributed by atoms with Crippen molar-refractivity contribution in [1.82, 2.24) is 9.13 Å². The van der Waals surface area contributed by atoms with E-state index in [0.29, 0.717) is 16.5 Å². The fraction of sp³-hybridized carbons (Fsp3) is 0.588. The number of carbonyl (C=O) groups excluding carboxylic acids is 2. The highest BCUT2D eigenvalue weighted by Gasteiger charge is 2.48. The number of furan rings is 1. The smallest absolute Gasteiger partial charge is 0.464 e. The molecular formula is C34H48N2O19P2. The summed E-state index contributed by atoms with van der Waals surface area (Å²) in [6, 6.07) is 7.99. The van der Waals surface area contributed by atoms with Gasteiger partial charge in [0, 0.05) is 35.0 Å². The zero-order valence-electron chi connectivity index (χ0n) is 32.4. The molecule has 0 amide bonds. The van der Waals surface area contributed by atoms with Crippen molar-refractivity contribution in [3.05, 3.63) is 69.2 Å². The molecule has 1 aliphatic rings. The molecule has 0 bridgehead atoms. The van der Waals surface area contributed by atoms with Crippen LogP contribution in [0.1, 0.15) is 67.2 Å². The first-order valence-corrected chi connectivity index (χ1v) is 20.7. The Morgan fingerprint density at radius 2 is 1.39 bits per heavy atom. The molecule has 1 aromatic carbocycles. The Morgan fingerprint density at radius 3 is 1.93 bits per heavy atom. The molecule has 21 nitrogen and oxygen atoms in total. The monoisotopic (exact) mass is 850 g/mol. The van der Waals surface area contributed by atoms with Crippen LogP contribution in [-0.2, 0) is 57.2 Å². The van der Waals surface area contributed by atoms with E-state index in [1.165, 1.54) is 61.7 Å². The first kappa shape index (κ1) is 45.8. The molecular weight excluding hydrogens is 802 g/mol. The molecule has 1 saturated heterocycles. The molecule has 318 valence electrons. The Morgan fingerprint density at radius 1 is 0.825 bits per heavy atom. The summed E-state index contributed by atoms with van der Waals surface area (Å²) in [5.74, 6) is -1.63. The minimum Gasteiger partial charge on any atom is -0.464 e.